The second-order valence-corrected chi connectivity index (χ2v) is 8.24. The molecule has 0 spiro atoms. The van der Waals surface area contributed by atoms with E-state index in [9.17, 15) is 0 Å². The molecule has 0 aliphatic heterocycles. The van der Waals surface area contributed by atoms with E-state index in [2.05, 4.69) is 44.4 Å². The van der Waals surface area contributed by atoms with E-state index >= 15 is 0 Å². The van der Waals surface area contributed by atoms with Gasteiger partial charge in [-0.25, -0.2) is 0 Å². The van der Waals surface area contributed by atoms with Gasteiger partial charge in [0.25, 0.3) is 0 Å². The number of methoxy groups -OCH3 is 2. The van der Waals surface area contributed by atoms with Crippen LogP contribution < -0.4 is 0 Å². The van der Waals surface area contributed by atoms with Gasteiger partial charge >= 0.3 is 0 Å². The van der Waals surface area contributed by atoms with Gasteiger partial charge in [-0.15, -0.1) is 18.4 Å². The largest absolute Gasteiger partial charge is 0.359 e. The van der Waals surface area contributed by atoms with Crippen LogP contribution in [0.15, 0.2) is 24.8 Å². The number of hydrogen-bond acceptors (Lipinski definition) is 4. The minimum Gasteiger partial charge on any atom is -0.359 e. The van der Waals surface area contributed by atoms with E-state index in [4.69, 9.17) is 18.9 Å². The van der Waals surface area contributed by atoms with Gasteiger partial charge in [0.05, 0.1) is 12.2 Å². The van der Waals surface area contributed by atoms with Gasteiger partial charge in [0.2, 0.25) is 0 Å². The summed E-state index contributed by atoms with van der Waals surface area (Å²) in [6.45, 7) is 10.9. The van der Waals surface area contributed by atoms with Crippen molar-refractivity contribution in [2.75, 3.05) is 27.8 Å². The topological polar surface area (TPSA) is 36.9 Å². The van der Waals surface area contributed by atoms with Crippen LogP contribution in [0.4, 0.5) is 0 Å². The Morgan fingerprint density at radius 2 is 1.90 bits per heavy atom. The first kappa shape index (κ1) is 25.9. The highest BCUT2D eigenvalue weighted by molar-refractivity contribution is 5.03. The van der Waals surface area contributed by atoms with Crippen molar-refractivity contribution < 1.29 is 18.9 Å². The van der Waals surface area contributed by atoms with Crippen molar-refractivity contribution in [1.82, 2.24) is 0 Å². The molecule has 0 saturated heterocycles. The van der Waals surface area contributed by atoms with Crippen LogP contribution in [-0.2, 0) is 18.9 Å². The monoisotopic (exact) mass is 406 g/mol. The molecule has 4 nitrogen and oxygen atoms in total. The molecular formula is C25H42O4. The maximum absolute atomic E-state index is 6.36. The van der Waals surface area contributed by atoms with E-state index in [1.807, 2.05) is 13.0 Å². The second-order valence-electron chi connectivity index (χ2n) is 8.24. The van der Waals surface area contributed by atoms with Gasteiger partial charge in [0.15, 0.2) is 0 Å². The fourth-order valence-electron chi connectivity index (χ4n) is 4.39. The predicted molar refractivity (Wildman–Crippen MR) is 119 cm³/mol. The summed E-state index contributed by atoms with van der Waals surface area (Å²) in [6, 6.07) is 0. The van der Waals surface area contributed by atoms with Crippen molar-refractivity contribution in [3.63, 3.8) is 0 Å². The third kappa shape index (κ3) is 9.49. The van der Waals surface area contributed by atoms with Crippen LogP contribution >= 0.6 is 0 Å². The summed E-state index contributed by atoms with van der Waals surface area (Å²) in [7, 11) is 3.35. The molecule has 0 radical (unpaired) electrons. The fraction of sp³-hybridized carbons (Fsp3) is 0.760. The van der Waals surface area contributed by atoms with Gasteiger partial charge in [-0.3, -0.25) is 0 Å². The molecule has 4 heteroatoms. The molecule has 0 amide bonds. The van der Waals surface area contributed by atoms with Crippen LogP contribution in [0, 0.1) is 35.5 Å². The van der Waals surface area contributed by atoms with Gasteiger partial charge in [-0.1, -0.05) is 38.5 Å². The van der Waals surface area contributed by atoms with Crippen molar-refractivity contribution in [1.29, 1.82) is 0 Å². The maximum Gasteiger partial charge on any atom is 0.146 e. The Morgan fingerprint density at radius 3 is 2.52 bits per heavy atom. The van der Waals surface area contributed by atoms with Crippen LogP contribution in [-0.4, -0.2) is 40.0 Å². The standard InChI is InChI=1S/C25H42O4/c1-7-9-14-22(16-10-13-20(3)4)25(29-19-27-6)24-21(12-8-2)15-11-17-23(24)28-18-26-5/h8,10,13,20-25H,2,11-12,14-19H2,1,3-6H3/b13-10+/t21?,22-,23-,24?,25?/m0/s1. The average Bonchev–Trinajstić information content (AvgIpc) is 2.71. The molecule has 3 unspecified atom stereocenters. The van der Waals surface area contributed by atoms with Crippen LogP contribution in [0.3, 0.4) is 0 Å². The minimum absolute atomic E-state index is 0.0136. The van der Waals surface area contributed by atoms with Gasteiger partial charge in [0, 0.05) is 26.6 Å². The number of allylic oxidation sites excluding steroid dienone is 3. The Bertz CT molecular complexity index is 517. The van der Waals surface area contributed by atoms with Gasteiger partial charge < -0.3 is 18.9 Å². The van der Waals surface area contributed by atoms with Crippen molar-refractivity contribution in [2.45, 2.75) is 71.5 Å². The molecule has 166 valence electrons. The summed E-state index contributed by atoms with van der Waals surface area (Å²) in [5.41, 5.74) is 0. The molecule has 0 N–H and O–H groups in total. The molecule has 1 aliphatic carbocycles. The van der Waals surface area contributed by atoms with Crippen LogP contribution in [0.2, 0.25) is 0 Å². The molecule has 1 rings (SSSR count). The lowest BCUT2D eigenvalue weighted by Gasteiger charge is -2.44. The summed E-state index contributed by atoms with van der Waals surface area (Å²) < 4.78 is 23.0. The quantitative estimate of drug-likeness (QED) is 0.214. The smallest absolute Gasteiger partial charge is 0.146 e. The Kier molecular flexibility index (Phi) is 14.0. The summed E-state index contributed by atoms with van der Waals surface area (Å²) in [5, 5.41) is 0. The number of ether oxygens (including phenoxy) is 4. The summed E-state index contributed by atoms with van der Waals surface area (Å²) in [4.78, 5) is 0. The van der Waals surface area contributed by atoms with Gasteiger partial charge in [-0.05, 0) is 50.4 Å². The van der Waals surface area contributed by atoms with E-state index in [1.54, 1.807) is 14.2 Å². The lowest BCUT2D eigenvalue weighted by molar-refractivity contribution is -0.178. The maximum atomic E-state index is 6.36. The van der Waals surface area contributed by atoms with Crippen molar-refractivity contribution >= 4 is 0 Å². The first-order valence-electron chi connectivity index (χ1n) is 11.0. The zero-order valence-electron chi connectivity index (χ0n) is 19.2. The fourth-order valence-corrected chi connectivity index (χ4v) is 4.39. The predicted octanol–water partition coefficient (Wildman–Crippen LogP) is 5.59. The first-order chi connectivity index (χ1) is 14.1. The molecule has 0 aromatic rings. The average molecular weight is 407 g/mol. The van der Waals surface area contributed by atoms with Gasteiger partial charge in [0.1, 0.15) is 13.6 Å². The lowest BCUT2D eigenvalue weighted by atomic mass is 9.69. The summed E-state index contributed by atoms with van der Waals surface area (Å²) in [5.74, 6) is 7.93. The Labute approximate surface area is 179 Å². The normalized spacial score (nSPS) is 24.3. The van der Waals surface area contributed by atoms with Crippen molar-refractivity contribution in [2.24, 2.45) is 23.7 Å². The molecule has 0 heterocycles. The van der Waals surface area contributed by atoms with Crippen LogP contribution in [0.25, 0.3) is 0 Å². The molecule has 1 saturated carbocycles. The van der Waals surface area contributed by atoms with Crippen molar-refractivity contribution in [3.05, 3.63) is 24.8 Å². The molecular weight excluding hydrogens is 364 g/mol. The Morgan fingerprint density at radius 1 is 1.14 bits per heavy atom. The van der Waals surface area contributed by atoms with E-state index in [-0.39, 0.29) is 30.8 Å². The van der Waals surface area contributed by atoms with Crippen LogP contribution in [0.1, 0.15) is 59.3 Å². The molecule has 0 bridgehead atoms. The number of hydrogen-bond donors (Lipinski definition) is 0. The molecule has 29 heavy (non-hydrogen) atoms. The first-order valence-corrected chi connectivity index (χ1v) is 11.0. The summed E-state index contributed by atoms with van der Waals surface area (Å²) >= 11 is 0. The highest BCUT2D eigenvalue weighted by Gasteiger charge is 2.42. The SMILES string of the molecule is C=CCC1CCC[C@H](OCOC)C1C(OCOC)[C@@H](CC#CC)C/C=C/C(C)C. The zero-order valence-corrected chi connectivity index (χ0v) is 19.2. The van der Waals surface area contributed by atoms with E-state index in [0.717, 1.165) is 32.1 Å². The lowest BCUT2D eigenvalue weighted by Crippen LogP contribution is -2.47. The number of rotatable bonds is 14. The van der Waals surface area contributed by atoms with E-state index in [0.29, 0.717) is 18.6 Å². The Hall–Kier alpha value is -1.12. The third-order valence-electron chi connectivity index (χ3n) is 5.63. The van der Waals surface area contributed by atoms with Gasteiger partial charge in [-0.2, -0.15) is 0 Å². The van der Waals surface area contributed by atoms with E-state index < -0.39 is 0 Å². The molecule has 0 aromatic carbocycles. The Balaban J connectivity index is 3.19. The summed E-state index contributed by atoms with van der Waals surface area (Å²) in [6.07, 6.45) is 12.8. The molecule has 1 aliphatic rings. The van der Waals surface area contributed by atoms with Crippen molar-refractivity contribution in [3.8, 4) is 11.8 Å². The third-order valence-corrected chi connectivity index (χ3v) is 5.63. The highest BCUT2D eigenvalue weighted by atomic mass is 16.7. The second kappa shape index (κ2) is 15.7. The molecule has 1 fully saturated rings. The molecule has 5 atom stereocenters. The van der Waals surface area contributed by atoms with E-state index in [1.165, 1.54) is 6.42 Å². The highest BCUT2D eigenvalue weighted by Crippen LogP contribution is 2.41. The molecule has 0 aromatic heterocycles. The van der Waals surface area contributed by atoms with Crippen LogP contribution in [0.5, 0.6) is 0 Å². The zero-order chi connectivity index (χ0) is 21.5. The minimum atomic E-state index is 0.0136.